The number of carbonyl (C=O) groups excluding carboxylic acids is 2. The van der Waals surface area contributed by atoms with Gasteiger partial charge in [0.2, 0.25) is 5.91 Å². The summed E-state index contributed by atoms with van der Waals surface area (Å²) >= 11 is 10.00. The largest absolute Gasteiger partial charge is 0.343 e. The van der Waals surface area contributed by atoms with Gasteiger partial charge in [0.05, 0.1) is 23.0 Å². The van der Waals surface area contributed by atoms with Crippen molar-refractivity contribution < 1.29 is 13.8 Å². The van der Waals surface area contributed by atoms with E-state index in [0.717, 1.165) is 27.4 Å². The maximum absolute atomic E-state index is 14.4. The molecule has 4 rings (SSSR count). The highest BCUT2D eigenvalue weighted by atomic mass is 79.9. The highest BCUT2D eigenvalue weighted by Gasteiger charge is 2.41. The summed E-state index contributed by atoms with van der Waals surface area (Å²) in [5, 5.41) is 3.43. The lowest BCUT2D eigenvalue weighted by Crippen LogP contribution is -2.44. The molecule has 0 radical (unpaired) electrons. The topological polar surface area (TPSA) is 66.5 Å². The van der Waals surface area contributed by atoms with Crippen LogP contribution in [0, 0.1) is 12.8 Å². The lowest BCUT2D eigenvalue weighted by atomic mass is 9.88. The third-order valence-corrected chi connectivity index (χ3v) is 8.95. The van der Waals surface area contributed by atoms with Gasteiger partial charge in [-0.1, -0.05) is 89.4 Å². The van der Waals surface area contributed by atoms with Crippen LogP contribution in [0.5, 0.6) is 0 Å². The van der Waals surface area contributed by atoms with Gasteiger partial charge >= 0.3 is 0 Å². The van der Waals surface area contributed by atoms with Crippen molar-refractivity contribution in [3.05, 3.63) is 111 Å². The van der Waals surface area contributed by atoms with E-state index in [2.05, 4.69) is 21.2 Å². The van der Waals surface area contributed by atoms with E-state index in [4.69, 9.17) is 11.6 Å². The first-order valence-corrected chi connectivity index (χ1v) is 15.2. The second-order valence-electron chi connectivity index (χ2n) is 10.2. The van der Waals surface area contributed by atoms with Crippen molar-refractivity contribution in [2.75, 3.05) is 0 Å². The minimum Gasteiger partial charge on any atom is -0.343 e. The first-order chi connectivity index (χ1) is 18.7. The number of nitrogens with one attached hydrogen (secondary N) is 1. The fourth-order valence-electron chi connectivity index (χ4n) is 4.88. The molecule has 1 aliphatic rings. The maximum atomic E-state index is 14.4. The molecular weight excluding hydrogens is 596 g/mol. The molecule has 3 aromatic carbocycles. The maximum Gasteiger partial charge on any atom is 0.249 e. The molecule has 0 aliphatic carbocycles. The monoisotopic (exact) mass is 626 g/mol. The number of benzene rings is 3. The quantitative estimate of drug-likeness (QED) is 0.254. The molecule has 4 atom stereocenters. The fraction of sp³-hybridized carbons (Fsp3) is 0.290. The van der Waals surface area contributed by atoms with Gasteiger partial charge in [-0.3, -0.25) is 4.79 Å². The molecule has 0 saturated carbocycles. The molecule has 0 saturated heterocycles. The van der Waals surface area contributed by atoms with Gasteiger partial charge < -0.3 is 10.1 Å². The van der Waals surface area contributed by atoms with Crippen molar-refractivity contribution in [2.45, 2.75) is 56.6 Å². The van der Waals surface area contributed by atoms with E-state index in [1.807, 2.05) is 91.8 Å². The number of hydrogen-bond acceptors (Lipinski definition) is 3. The minimum atomic E-state index is -1.63. The molecule has 0 bridgehead atoms. The SMILES string of the molecule is Cc1ccc(S(=O)N2C(c3cccc(Br)c3)CC=C(C(=O)NC(C=O)CC(C)C)C2c2cccc(Cl)c2)cc1. The Kier molecular flexibility index (Phi) is 9.94. The van der Waals surface area contributed by atoms with Gasteiger partial charge in [0, 0.05) is 15.1 Å². The molecule has 3 aromatic rings. The Bertz CT molecular complexity index is 1390. The van der Waals surface area contributed by atoms with E-state index >= 15 is 0 Å². The predicted molar refractivity (Wildman–Crippen MR) is 161 cm³/mol. The third-order valence-electron chi connectivity index (χ3n) is 6.70. The van der Waals surface area contributed by atoms with Gasteiger partial charge in [-0.25, -0.2) is 8.51 Å². The summed E-state index contributed by atoms with van der Waals surface area (Å²) in [6.45, 7) is 6.00. The highest BCUT2D eigenvalue weighted by Crippen LogP contribution is 2.45. The Morgan fingerprint density at radius 1 is 1.10 bits per heavy atom. The van der Waals surface area contributed by atoms with Gasteiger partial charge in [-0.2, -0.15) is 0 Å². The summed E-state index contributed by atoms with van der Waals surface area (Å²) in [4.78, 5) is 26.2. The Hall–Kier alpha value is -2.58. The molecule has 0 spiro atoms. The summed E-state index contributed by atoms with van der Waals surface area (Å²) in [5.41, 5.74) is 3.22. The van der Waals surface area contributed by atoms with E-state index < -0.39 is 23.1 Å². The van der Waals surface area contributed by atoms with Crippen molar-refractivity contribution in [1.82, 2.24) is 9.62 Å². The normalized spacial score (nSPS) is 19.3. The average Bonchev–Trinajstić information content (AvgIpc) is 2.91. The molecule has 204 valence electrons. The summed E-state index contributed by atoms with van der Waals surface area (Å²) in [6, 6.07) is 21.2. The molecule has 0 aromatic heterocycles. The summed E-state index contributed by atoms with van der Waals surface area (Å²) in [6.07, 6.45) is 3.68. The molecule has 1 amide bonds. The summed E-state index contributed by atoms with van der Waals surface area (Å²) in [5.74, 6) is -0.118. The Morgan fingerprint density at radius 2 is 1.79 bits per heavy atom. The van der Waals surface area contributed by atoms with Crippen LogP contribution in [-0.4, -0.2) is 26.7 Å². The second-order valence-corrected chi connectivity index (χ2v) is 12.9. The van der Waals surface area contributed by atoms with Gasteiger partial charge in [-0.05, 0) is 73.2 Å². The van der Waals surface area contributed by atoms with E-state index in [9.17, 15) is 13.8 Å². The van der Waals surface area contributed by atoms with Crippen LogP contribution in [0.3, 0.4) is 0 Å². The molecule has 5 nitrogen and oxygen atoms in total. The molecule has 1 aliphatic heterocycles. The van der Waals surface area contributed by atoms with Crippen LogP contribution in [0.2, 0.25) is 5.02 Å². The van der Waals surface area contributed by atoms with Crippen molar-refractivity contribution in [1.29, 1.82) is 0 Å². The fourth-order valence-corrected chi connectivity index (χ4v) is 6.98. The zero-order valence-electron chi connectivity index (χ0n) is 22.1. The molecule has 0 fully saturated rings. The molecule has 39 heavy (non-hydrogen) atoms. The van der Waals surface area contributed by atoms with Gasteiger partial charge in [0.25, 0.3) is 0 Å². The number of carbonyl (C=O) groups is 2. The van der Waals surface area contributed by atoms with Crippen molar-refractivity contribution in [2.24, 2.45) is 5.92 Å². The van der Waals surface area contributed by atoms with Crippen LogP contribution in [0.25, 0.3) is 0 Å². The number of rotatable bonds is 9. The van der Waals surface area contributed by atoms with E-state index in [1.54, 1.807) is 12.1 Å². The lowest BCUT2D eigenvalue weighted by molar-refractivity contribution is -0.121. The van der Waals surface area contributed by atoms with E-state index in [-0.39, 0.29) is 17.9 Å². The van der Waals surface area contributed by atoms with Crippen LogP contribution < -0.4 is 5.32 Å². The lowest BCUT2D eigenvalue weighted by Gasteiger charge is -2.41. The standard InChI is InChI=1S/C31H32BrClN2O3S/c1-20(2)16-26(19-36)34-31(37)28-14-15-29(22-6-4-8-24(32)17-22)35(30(28)23-7-5-9-25(33)18-23)39(38)27-12-10-21(3)11-13-27/h4-14,17-20,26,29-30H,15-16H2,1-3H3,(H,34,37). The van der Waals surface area contributed by atoms with Crippen molar-refractivity contribution >= 4 is 50.7 Å². The Labute approximate surface area is 246 Å². The Balaban J connectivity index is 1.87. The average molecular weight is 628 g/mol. The van der Waals surface area contributed by atoms with Crippen LogP contribution in [0.1, 0.15) is 55.5 Å². The number of amides is 1. The number of hydrogen-bond donors (Lipinski definition) is 1. The smallest absolute Gasteiger partial charge is 0.249 e. The van der Waals surface area contributed by atoms with Crippen LogP contribution in [0.15, 0.2) is 93.8 Å². The first kappa shape index (κ1) is 29.4. The third kappa shape index (κ3) is 7.14. The molecular formula is C31H32BrClN2O3S. The summed E-state index contributed by atoms with van der Waals surface area (Å²) in [7, 11) is -1.63. The summed E-state index contributed by atoms with van der Waals surface area (Å²) < 4.78 is 17.2. The van der Waals surface area contributed by atoms with Crippen molar-refractivity contribution in [3.63, 3.8) is 0 Å². The number of nitrogens with zero attached hydrogens (tertiary/aromatic N) is 1. The highest BCUT2D eigenvalue weighted by molar-refractivity contribution is 9.10. The van der Waals surface area contributed by atoms with E-state index in [0.29, 0.717) is 28.3 Å². The number of aldehydes is 1. The molecule has 1 heterocycles. The van der Waals surface area contributed by atoms with E-state index in [1.165, 1.54) is 0 Å². The number of aryl methyl sites for hydroxylation is 1. The second kappa shape index (κ2) is 13.2. The molecule has 1 N–H and O–H groups in total. The van der Waals surface area contributed by atoms with Gasteiger partial charge in [-0.15, -0.1) is 0 Å². The van der Waals surface area contributed by atoms with Crippen LogP contribution in [-0.2, 0) is 20.6 Å². The molecule has 4 unspecified atom stereocenters. The Morgan fingerprint density at radius 3 is 2.44 bits per heavy atom. The predicted octanol–water partition coefficient (Wildman–Crippen LogP) is 7.28. The first-order valence-electron chi connectivity index (χ1n) is 12.9. The van der Waals surface area contributed by atoms with Gasteiger partial charge in [0.15, 0.2) is 0 Å². The zero-order chi connectivity index (χ0) is 28.1. The minimum absolute atomic E-state index is 0.232. The van der Waals surface area contributed by atoms with Gasteiger partial charge in [0.1, 0.15) is 17.3 Å². The van der Waals surface area contributed by atoms with Crippen molar-refractivity contribution in [3.8, 4) is 0 Å². The number of halogens is 2. The molecule has 8 heteroatoms. The van der Waals surface area contributed by atoms with Crippen LogP contribution in [0.4, 0.5) is 0 Å². The zero-order valence-corrected chi connectivity index (χ0v) is 25.3. The van der Waals surface area contributed by atoms with Crippen LogP contribution >= 0.6 is 27.5 Å².